The third-order valence-electron chi connectivity index (χ3n) is 6.57. The standard InChI is InChI=1S/C27H29N2/c1-20-17-18-22(21-11-5-3-6-12-21)19-24(20)27-28(2)25-15-9-10-16-26(25)29(27)23-13-7-4-8-14-23/h3,5-6,9-12,15-19,23H,4,7-8,13-14H2,1-2H3/q+1. The van der Waals surface area contributed by atoms with E-state index in [2.05, 4.69) is 95.9 Å². The van der Waals surface area contributed by atoms with Gasteiger partial charge in [-0.3, -0.25) is 0 Å². The second-order valence-electron chi connectivity index (χ2n) is 8.43. The van der Waals surface area contributed by atoms with E-state index < -0.39 is 0 Å². The molecule has 2 nitrogen and oxygen atoms in total. The van der Waals surface area contributed by atoms with Gasteiger partial charge in [-0.1, -0.05) is 61.0 Å². The lowest BCUT2D eigenvalue weighted by Crippen LogP contribution is -2.31. The van der Waals surface area contributed by atoms with Gasteiger partial charge in [-0.05, 0) is 67.5 Å². The first-order chi connectivity index (χ1) is 14.2. The van der Waals surface area contributed by atoms with Crippen molar-refractivity contribution >= 4 is 11.0 Å². The number of para-hydroxylation sites is 2. The van der Waals surface area contributed by atoms with Crippen molar-refractivity contribution in [1.82, 2.24) is 4.57 Å². The van der Waals surface area contributed by atoms with Crippen molar-refractivity contribution in [3.8, 4) is 22.5 Å². The van der Waals surface area contributed by atoms with Gasteiger partial charge in [0.1, 0.15) is 6.04 Å². The molecule has 0 spiro atoms. The van der Waals surface area contributed by atoms with Gasteiger partial charge in [-0.25, -0.2) is 9.13 Å². The molecule has 29 heavy (non-hydrogen) atoms. The van der Waals surface area contributed by atoms with Gasteiger partial charge in [0.25, 0.3) is 5.82 Å². The average molecular weight is 382 g/mol. The van der Waals surface area contributed by atoms with Crippen molar-refractivity contribution in [3.05, 3.63) is 78.4 Å². The Hall–Kier alpha value is -2.87. The summed E-state index contributed by atoms with van der Waals surface area (Å²) in [6.07, 6.45) is 6.61. The number of rotatable bonds is 3. The van der Waals surface area contributed by atoms with Gasteiger partial charge < -0.3 is 0 Å². The predicted molar refractivity (Wildman–Crippen MR) is 121 cm³/mol. The van der Waals surface area contributed by atoms with E-state index in [1.165, 1.54) is 71.2 Å². The number of hydrogen-bond acceptors (Lipinski definition) is 0. The van der Waals surface area contributed by atoms with Gasteiger partial charge >= 0.3 is 0 Å². The first kappa shape index (κ1) is 18.2. The number of benzene rings is 3. The van der Waals surface area contributed by atoms with Crippen LogP contribution in [-0.4, -0.2) is 4.57 Å². The molecule has 1 aliphatic carbocycles. The van der Waals surface area contributed by atoms with Crippen molar-refractivity contribution in [2.45, 2.75) is 45.1 Å². The molecule has 1 aromatic heterocycles. The number of aryl methyl sites for hydroxylation is 2. The van der Waals surface area contributed by atoms with Gasteiger partial charge in [0.05, 0.1) is 12.6 Å². The highest BCUT2D eigenvalue weighted by atomic mass is 15.2. The number of hydrogen-bond donors (Lipinski definition) is 0. The molecule has 1 fully saturated rings. The molecule has 0 radical (unpaired) electrons. The average Bonchev–Trinajstić information content (AvgIpc) is 3.08. The third-order valence-corrected chi connectivity index (χ3v) is 6.57. The van der Waals surface area contributed by atoms with Crippen molar-refractivity contribution in [3.63, 3.8) is 0 Å². The van der Waals surface area contributed by atoms with Crippen LogP contribution in [0, 0.1) is 6.92 Å². The summed E-state index contributed by atoms with van der Waals surface area (Å²) in [6, 6.07) is 27.1. The number of fused-ring (bicyclic) bond motifs is 1. The Morgan fingerprint density at radius 3 is 2.31 bits per heavy atom. The molecule has 0 amide bonds. The van der Waals surface area contributed by atoms with Crippen LogP contribution < -0.4 is 4.57 Å². The number of nitrogens with zero attached hydrogens (tertiary/aromatic N) is 2. The molecule has 0 saturated heterocycles. The quantitative estimate of drug-likeness (QED) is 0.353. The smallest absolute Gasteiger partial charge is 0.226 e. The second kappa shape index (κ2) is 7.51. The van der Waals surface area contributed by atoms with Crippen LogP contribution in [0.25, 0.3) is 33.5 Å². The molecule has 2 heteroatoms. The van der Waals surface area contributed by atoms with Gasteiger partial charge in [0, 0.05) is 0 Å². The van der Waals surface area contributed by atoms with Crippen LogP contribution >= 0.6 is 0 Å². The molecule has 3 aromatic carbocycles. The molecule has 0 unspecified atom stereocenters. The summed E-state index contributed by atoms with van der Waals surface area (Å²) in [5, 5.41) is 0. The molecule has 0 aliphatic heterocycles. The van der Waals surface area contributed by atoms with Gasteiger partial charge in [-0.2, -0.15) is 0 Å². The minimum absolute atomic E-state index is 0.588. The Morgan fingerprint density at radius 2 is 1.52 bits per heavy atom. The molecule has 1 aliphatic rings. The van der Waals surface area contributed by atoms with Crippen LogP contribution in [0.2, 0.25) is 0 Å². The van der Waals surface area contributed by atoms with Crippen molar-refractivity contribution in [2.24, 2.45) is 7.05 Å². The van der Waals surface area contributed by atoms with Gasteiger partial charge in [-0.15, -0.1) is 0 Å². The maximum atomic E-state index is 2.64. The Balaban J connectivity index is 1.76. The van der Waals surface area contributed by atoms with E-state index in [4.69, 9.17) is 0 Å². The van der Waals surface area contributed by atoms with Crippen LogP contribution in [0.15, 0.2) is 72.8 Å². The van der Waals surface area contributed by atoms with E-state index in [0.29, 0.717) is 6.04 Å². The van der Waals surface area contributed by atoms with E-state index in [0.717, 1.165) is 0 Å². The number of imidazole rings is 1. The van der Waals surface area contributed by atoms with Gasteiger partial charge in [0.2, 0.25) is 0 Å². The molecule has 0 atom stereocenters. The highest BCUT2D eigenvalue weighted by Gasteiger charge is 2.31. The molecule has 5 rings (SSSR count). The first-order valence-electron chi connectivity index (χ1n) is 10.9. The van der Waals surface area contributed by atoms with Gasteiger partial charge in [0.15, 0.2) is 11.0 Å². The van der Waals surface area contributed by atoms with E-state index in [9.17, 15) is 0 Å². The van der Waals surface area contributed by atoms with E-state index >= 15 is 0 Å². The Kier molecular flexibility index (Phi) is 4.71. The molecule has 1 heterocycles. The van der Waals surface area contributed by atoms with Crippen molar-refractivity contribution in [1.29, 1.82) is 0 Å². The molecule has 1 saturated carbocycles. The fourth-order valence-electron chi connectivity index (χ4n) is 5.03. The summed E-state index contributed by atoms with van der Waals surface area (Å²) in [7, 11) is 2.23. The summed E-state index contributed by atoms with van der Waals surface area (Å²) in [6.45, 7) is 2.24. The number of aromatic nitrogens is 2. The van der Waals surface area contributed by atoms with Crippen molar-refractivity contribution in [2.75, 3.05) is 0 Å². The maximum absolute atomic E-state index is 2.64. The zero-order chi connectivity index (χ0) is 19.8. The lowest BCUT2D eigenvalue weighted by atomic mass is 9.94. The fourth-order valence-corrected chi connectivity index (χ4v) is 5.03. The van der Waals surface area contributed by atoms with Crippen LogP contribution in [0.4, 0.5) is 0 Å². The van der Waals surface area contributed by atoms with Crippen LogP contribution in [0.3, 0.4) is 0 Å². The lowest BCUT2D eigenvalue weighted by molar-refractivity contribution is -0.634. The SMILES string of the molecule is Cc1ccc(-c2ccccc2)cc1-c1n(C2CCCCC2)c2ccccc2[n+]1C. The summed E-state index contributed by atoms with van der Waals surface area (Å²) in [5.41, 5.74) is 7.91. The van der Waals surface area contributed by atoms with E-state index in [1.807, 2.05) is 0 Å². The molecular formula is C27H29N2+. The normalized spacial score (nSPS) is 15.1. The third kappa shape index (κ3) is 3.17. The predicted octanol–water partition coefficient (Wildman–Crippen LogP) is 6.61. The molecule has 4 aromatic rings. The Bertz CT molecular complexity index is 1150. The van der Waals surface area contributed by atoms with E-state index in [1.54, 1.807) is 0 Å². The van der Waals surface area contributed by atoms with E-state index in [-0.39, 0.29) is 0 Å². The summed E-state index contributed by atoms with van der Waals surface area (Å²) < 4.78 is 5.05. The Labute approximate surface area is 173 Å². The fraction of sp³-hybridized carbons (Fsp3) is 0.296. The van der Waals surface area contributed by atoms with Crippen LogP contribution in [0.1, 0.15) is 43.7 Å². The summed E-state index contributed by atoms with van der Waals surface area (Å²) in [5.74, 6) is 1.34. The highest BCUT2D eigenvalue weighted by molar-refractivity contribution is 5.79. The largest absolute Gasteiger partial charge is 0.290 e. The zero-order valence-corrected chi connectivity index (χ0v) is 17.4. The summed E-state index contributed by atoms with van der Waals surface area (Å²) in [4.78, 5) is 0. The van der Waals surface area contributed by atoms with Crippen molar-refractivity contribution < 1.29 is 4.57 Å². The first-order valence-corrected chi connectivity index (χ1v) is 10.9. The molecule has 146 valence electrons. The monoisotopic (exact) mass is 381 g/mol. The lowest BCUT2D eigenvalue weighted by Gasteiger charge is -2.21. The molecular weight excluding hydrogens is 352 g/mol. The molecule has 0 bridgehead atoms. The summed E-state index contributed by atoms with van der Waals surface area (Å²) >= 11 is 0. The minimum Gasteiger partial charge on any atom is -0.226 e. The highest BCUT2D eigenvalue weighted by Crippen LogP contribution is 2.37. The minimum atomic E-state index is 0.588. The second-order valence-corrected chi connectivity index (χ2v) is 8.43. The topological polar surface area (TPSA) is 8.81 Å². The Morgan fingerprint density at radius 1 is 0.793 bits per heavy atom. The van der Waals surface area contributed by atoms with Crippen LogP contribution in [-0.2, 0) is 7.05 Å². The maximum Gasteiger partial charge on any atom is 0.290 e. The zero-order valence-electron chi connectivity index (χ0n) is 17.4. The molecule has 0 N–H and O–H groups in total. The van der Waals surface area contributed by atoms with Crippen LogP contribution in [0.5, 0.6) is 0 Å².